The number of carbonyl (C=O) groups is 2. The molecule has 0 spiro atoms. The van der Waals surface area contributed by atoms with Crippen LogP contribution in [-0.2, 0) is 0 Å². The van der Waals surface area contributed by atoms with Crippen LogP contribution in [0.25, 0.3) is 16.7 Å². The van der Waals surface area contributed by atoms with E-state index in [1.165, 1.54) is 11.2 Å². The van der Waals surface area contributed by atoms with Crippen LogP contribution in [0.5, 0.6) is 0 Å². The molecule has 0 aliphatic heterocycles. The minimum Gasteiger partial charge on any atom is -0.364 e. The highest BCUT2D eigenvalue weighted by molar-refractivity contribution is 6.14. The summed E-state index contributed by atoms with van der Waals surface area (Å²) >= 11 is 0. The number of aromatic nitrogens is 5. The number of imidazole rings is 2. The molecule has 2 aromatic carbocycles. The van der Waals surface area contributed by atoms with E-state index in [9.17, 15) is 9.59 Å². The van der Waals surface area contributed by atoms with Gasteiger partial charge in [0.1, 0.15) is 5.69 Å². The second-order valence-corrected chi connectivity index (χ2v) is 6.79. The molecule has 0 aliphatic carbocycles. The Morgan fingerprint density at radius 2 is 1.71 bits per heavy atom. The van der Waals surface area contributed by atoms with E-state index in [1.807, 2.05) is 71.6 Å². The van der Waals surface area contributed by atoms with E-state index in [0.29, 0.717) is 17.2 Å². The molecule has 0 saturated carbocycles. The molecule has 9 nitrogen and oxygen atoms in total. The van der Waals surface area contributed by atoms with Gasteiger partial charge in [0.25, 0.3) is 11.8 Å². The van der Waals surface area contributed by atoms with Crippen molar-refractivity contribution in [3.63, 3.8) is 0 Å². The Hall–Kier alpha value is -4.66. The Morgan fingerprint density at radius 1 is 0.968 bits per heavy atom. The Bertz CT molecular complexity index is 1370. The van der Waals surface area contributed by atoms with Gasteiger partial charge in [-0.05, 0) is 36.4 Å². The number of carbonyl (C=O) groups excluding carboxylic acids is 2. The van der Waals surface area contributed by atoms with Crippen molar-refractivity contribution in [2.45, 2.75) is 0 Å². The average Bonchev–Trinajstić information content (AvgIpc) is 3.54. The fourth-order valence-corrected chi connectivity index (χ4v) is 3.49. The number of rotatable bonds is 5. The first-order valence-electron chi connectivity index (χ1n) is 9.48. The first-order valence-corrected chi connectivity index (χ1v) is 9.48. The third kappa shape index (κ3) is 3.14. The number of hydrogen-bond donors (Lipinski definition) is 3. The molecule has 0 saturated heterocycles. The molecule has 0 radical (unpaired) electrons. The van der Waals surface area contributed by atoms with Gasteiger partial charge in [-0.1, -0.05) is 24.3 Å². The largest absolute Gasteiger partial charge is 0.364 e. The summed E-state index contributed by atoms with van der Waals surface area (Å²) in [4.78, 5) is 41.4. The van der Waals surface area contributed by atoms with Gasteiger partial charge in [0.05, 0.1) is 28.7 Å². The predicted molar refractivity (Wildman–Crippen MR) is 115 cm³/mol. The van der Waals surface area contributed by atoms with Crippen LogP contribution in [0.1, 0.15) is 21.0 Å². The highest BCUT2D eigenvalue weighted by Crippen LogP contribution is 2.32. The number of nitrogens with two attached hydrogens (primary N) is 1. The number of fused-ring (bicyclic) bond motifs is 1. The van der Waals surface area contributed by atoms with Crippen molar-refractivity contribution in [1.29, 1.82) is 0 Å². The second kappa shape index (κ2) is 7.30. The van der Waals surface area contributed by atoms with Gasteiger partial charge in [-0.15, -0.1) is 0 Å². The number of aromatic amines is 2. The molecule has 2 amide bonds. The zero-order chi connectivity index (χ0) is 21.4. The number of nitrogens with zero attached hydrogens (tertiary/aromatic N) is 4. The molecule has 0 atom stereocenters. The zero-order valence-corrected chi connectivity index (χ0v) is 16.2. The zero-order valence-electron chi connectivity index (χ0n) is 16.2. The van der Waals surface area contributed by atoms with Crippen molar-refractivity contribution in [2.75, 3.05) is 4.90 Å². The summed E-state index contributed by atoms with van der Waals surface area (Å²) < 4.78 is 1.89. The summed E-state index contributed by atoms with van der Waals surface area (Å²) in [6.07, 6.45) is 5.03. The van der Waals surface area contributed by atoms with Gasteiger partial charge in [0.2, 0.25) is 5.95 Å². The fourth-order valence-electron chi connectivity index (χ4n) is 3.49. The van der Waals surface area contributed by atoms with Gasteiger partial charge in [0.15, 0.2) is 5.69 Å². The van der Waals surface area contributed by atoms with Gasteiger partial charge in [0, 0.05) is 12.4 Å². The number of benzene rings is 2. The average molecular weight is 411 g/mol. The lowest BCUT2D eigenvalue weighted by Gasteiger charge is -2.23. The van der Waals surface area contributed by atoms with Crippen LogP contribution in [0.2, 0.25) is 0 Å². The minimum absolute atomic E-state index is 0.0183. The van der Waals surface area contributed by atoms with Gasteiger partial charge in [-0.3, -0.25) is 9.59 Å². The van der Waals surface area contributed by atoms with Crippen molar-refractivity contribution in [1.82, 2.24) is 24.5 Å². The molecule has 9 heteroatoms. The fraction of sp³-hybridized carbons (Fsp3) is 0. The smallest absolute Gasteiger partial charge is 0.284 e. The molecule has 0 aliphatic rings. The molecule has 31 heavy (non-hydrogen) atoms. The van der Waals surface area contributed by atoms with E-state index >= 15 is 0 Å². The summed E-state index contributed by atoms with van der Waals surface area (Å²) in [6, 6.07) is 18.7. The first-order chi connectivity index (χ1) is 15.1. The van der Waals surface area contributed by atoms with Crippen molar-refractivity contribution in [3.8, 4) is 5.69 Å². The lowest BCUT2D eigenvalue weighted by molar-refractivity contribution is 0.0961. The molecule has 0 fully saturated rings. The second-order valence-electron chi connectivity index (χ2n) is 6.79. The van der Waals surface area contributed by atoms with Gasteiger partial charge in [-0.2, -0.15) is 0 Å². The van der Waals surface area contributed by atoms with Crippen molar-refractivity contribution < 1.29 is 9.59 Å². The molecule has 5 aromatic rings. The molecular weight excluding hydrogens is 394 g/mol. The molecule has 0 bridgehead atoms. The molecule has 5 rings (SSSR count). The van der Waals surface area contributed by atoms with Crippen LogP contribution in [-0.4, -0.2) is 36.3 Å². The summed E-state index contributed by atoms with van der Waals surface area (Å²) in [5.41, 5.74) is 8.06. The first kappa shape index (κ1) is 18.4. The van der Waals surface area contributed by atoms with E-state index in [0.717, 1.165) is 11.2 Å². The van der Waals surface area contributed by atoms with Crippen LogP contribution >= 0.6 is 0 Å². The van der Waals surface area contributed by atoms with Crippen molar-refractivity contribution >= 4 is 34.5 Å². The summed E-state index contributed by atoms with van der Waals surface area (Å²) in [6.45, 7) is 0. The van der Waals surface area contributed by atoms with Crippen molar-refractivity contribution in [3.05, 3.63) is 90.8 Å². The van der Waals surface area contributed by atoms with Gasteiger partial charge >= 0.3 is 0 Å². The predicted octanol–water partition coefficient (Wildman–Crippen LogP) is 3.15. The van der Waals surface area contributed by atoms with E-state index in [1.54, 1.807) is 6.07 Å². The molecule has 152 valence electrons. The van der Waals surface area contributed by atoms with E-state index in [-0.39, 0.29) is 11.4 Å². The summed E-state index contributed by atoms with van der Waals surface area (Å²) in [7, 11) is 0. The van der Waals surface area contributed by atoms with Crippen LogP contribution in [0.15, 0.2) is 79.4 Å². The van der Waals surface area contributed by atoms with E-state index < -0.39 is 11.8 Å². The quantitative estimate of drug-likeness (QED) is 0.411. The van der Waals surface area contributed by atoms with E-state index in [4.69, 9.17) is 5.73 Å². The van der Waals surface area contributed by atoms with Gasteiger partial charge < -0.3 is 20.3 Å². The maximum atomic E-state index is 13.7. The molecule has 3 heterocycles. The third-order valence-electron chi connectivity index (χ3n) is 4.88. The molecule has 3 aromatic heterocycles. The third-order valence-corrected chi connectivity index (χ3v) is 4.88. The Kier molecular flexibility index (Phi) is 4.33. The number of anilines is 2. The molecule has 0 unspecified atom stereocenters. The number of primary amides is 1. The highest BCUT2D eigenvalue weighted by Gasteiger charge is 2.29. The monoisotopic (exact) mass is 411 g/mol. The number of amides is 2. The molecular formula is C22H17N7O2. The number of para-hydroxylation sites is 4. The Balaban J connectivity index is 1.74. The van der Waals surface area contributed by atoms with Crippen molar-refractivity contribution in [2.24, 2.45) is 5.73 Å². The topological polar surface area (TPSA) is 126 Å². The van der Waals surface area contributed by atoms with Crippen LogP contribution < -0.4 is 10.6 Å². The SMILES string of the molecule is NC(=O)c1nc[nH]c1C(=O)N(c1nc2ccccc2[nH]1)c1ccccc1-n1cccc1. The summed E-state index contributed by atoms with van der Waals surface area (Å²) in [5, 5.41) is 0. The van der Waals surface area contributed by atoms with Crippen LogP contribution in [0, 0.1) is 0 Å². The standard InChI is InChI=1S/C22H17N7O2/c23-20(30)18-19(25-13-24-18)21(31)29(22-26-14-7-1-2-8-15(14)27-22)17-10-4-3-9-16(17)28-11-5-6-12-28/h1-13H,(H2,23,30)(H,24,25)(H,26,27). The minimum atomic E-state index is -0.798. The Morgan fingerprint density at radius 3 is 2.48 bits per heavy atom. The maximum absolute atomic E-state index is 13.7. The number of H-pyrrole nitrogens is 2. The molecule has 4 N–H and O–H groups in total. The summed E-state index contributed by atoms with van der Waals surface area (Å²) in [5.74, 6) is -1.02. The van der Waals surface area contributed by atoms with Crippen LogP contribution in [0.3, 0.4) is 0 Å². The number of hydrogen-bond acceptors (Lipinski definition) is 4. The lowest BCUT2D eigenvalue weighted by atomic mass is 10.2. The highest BCUT2D eigenvalue weighted by atomic mass is 16.2. The van der Waals surface area contributed by atoms with Gasteiger partial charge in [-0.25, -0.2) is 14.9 Å². The number of nitrogens with one attached hydrogen (secondary N) is 2. The normalized spacial score (nSPS) is 11.0. The van der Waals surface area contributed by atoms with Crippen LogP contribution in [0.4, 0.5) is 11.6 Å². The maximum Gasteiger partial charge on any atom is 0.284 e. The Labute approximate surface area is 176 Å². The van der Waals surface area contributed by atoms with E-state index in [2.05, 4.69) is 19.9 Å². The lowest BCUT2D eigenvalue weighted by Crippen LogP contribution is -2.30.